The van der Waals surface area contributed by atoms with Crippen LogP contribution in [0.1, 0.15) is 24.1 Å². The summed E-state index contributed by atoms with van der Waals surface area (Å²) in [7, 11) is 1.70. The highest BCUT2D eigenvalue weighted by atomic mass is 16.5. The molecule has 0 saturated carbocycles. The van der Waals surface area contributed by atoms with Crippen molar-refractivity contribution in [2.24, 2.45) is 5.92 Å². The molecule has 3 unspecified atom stereocenters. The van der Waals surface area contributed by atoms with E-state index in [4.69, 9.17) is 4.74 Å². The summed E-state index contributed by atoms with van der Waals surface area (Å²) in [6, 6.07) is 27.0. The van der Waals surface area contributed by atoms with E-state index in [-0.39, 0.29) is 23.9 Å². The molecule has 1 amide bonds. The number of fused-ring (bicyclic) bond motifs is 3. The number of anilines is 2. The van der Waals surface area contributed by atoms with E-state index in [1.54, 1.807) is 7.11 Å². The van der Waals surface area contributed by atoms with Gasteiger partial charge < -0.3 is 19.9 Å². The molecule has 0 aliphatic carbocycles. The zero-order valence-electron chi connectivity index (χ0n) is 19.3. The smallest absolute Gasteiger partial charge is 0.226 e. The van der Waals surface area contributed by atoms with E-state index >= 15 is 0 Å². The summed E-state index contributed by atoms with van der Waals surface area (Å²) in [5, 5.41) is 3.30. The van der Waals surface area contributed by atoms with Gasteiger partial charge >= 0.3 is 0 Å². The molecular weight excluding hydrogens is 410 g/mol. The molecule has 3 aromatic carbocycles. The second-order valence-corrected chi connectivity index (χ2v) is 8.99. The van der Waals surface area contributed by atoms with E-state index in [1.807, 2.05) is 30.3 Å². The van der Waals surface area contributed by atoms with Gasteiger partial charge in [0.1, 0.15) is 5.75 Å². The van der Waals surface area contributed by atoms with Crippen LogP contribution in [0.25, 0.3) is 0 Å². The van der Waals surface area contributed by atoms with E-state index < -0.39 is 0 Å². The fourth-order valence-electron chi connectivity index (χ4n) is 5.22. The van der Waals surface area contributed by atoms with Crippen molar-refractivity contribution in [2.45, 2.75) is 25.4 Å². The lowest BCUT2D eigenvalue weighted by atomic mass is 9.83. The molecule has 3 atom stereocenters. The Morgan fingerprint density at radius 2 is 1.73 bits per heavy atom. The second kappa shape index (κ2) is 9.18. The van der Waals surface area contributed by atoms with Gasteiger partial charge in [0.05, 0.1) is 25.1 Å². The Hall–Kier alpha value is -3.47. The van der Waals surface area contributed by atoms with Crippen LogP contribution in [-0.2, 0) is 11.2 Å². The number of rotatable bonds is 5. The summed E-state index contributed by atoms with van der Waals surface area (Å²) in [5.74, 6) is 0.861. The summed E-state index contributed by atoms with van der Waals surface area (Å²) < 4.78 is 5.51. The molecule has 3 aromatic rings. The maximum absolute atomic E-state index is 13.6. The number of nitrogens with zero attached hydrogens (tertiary/aromatic N) is 2. The lowest BCUT2D eigenvalue weighted by Gasteiger charge is -2.49. The molecule has 5 nitrogen and oxygen atoms in total. The monoisotopic (exact) mass is 441 g/mol. The molecule has 33 heavy (non-hydrogen) atoms. The maximum Gasteiger partial charge on any atom is 0.226 e. The van der Waals surface area contributed by atoms with Crippen molar-refractivity contribution in [2.75, 3.05) is 36.5 Å². The third-order valence-electron chi connectivity index (χ3n) is 7.04. The number of methoxy groups -OCH3 is 1. The van der Waals surface area contributed by atoms with Gasteiger partial charge in [0, 0.05) is 37.1 Å². The highest BCUT2D eigenvalue weighted by Gasteiger charge is 2.42. The fourth-order valence-corrected chi connectivity index (χ4v) is 5.22. The van der Waals surface area contributed by atoms with E-state index in [1.165, 1.54) is 16.9 Å². The minimum Gasteiger partial charge on any atom is -0.497 e. The zero-order chi connectivity index (χ0) is 22.8. The van der Waals surface area contributed by atoms with Crippen molar-refractivity contribution >= 4 is 17.3 Å². The molecule has 2 aliphatic rings. The first-order valence-corrected chi connectivity index (χ1v) is 11.7. The molecule has 1 fully saturated rings. The molecule has 170 valence electrons. The SMILES string of the molecule is COc1ccc2c(c1)N1CCN(c3ccccc3)CC1C(C(=O)NC(C)c1ccccc1)C2. The summed E-state index contributed by atoms with van der Waals surface area (Å²) >= 11 is 0. The predicted molar refractivity (Wildman–Crippen MR) is 133 cm³/mol. The van der Waals surface area contributed by atoms with E-state index in [0.29, 0.717) is 0 Å². The van der Waals surface area contributed by atoms with Gasteiger partial charge in [0.15, 0.2) is 0 Å². The predicted octanol–water partition coefficient (Wildman–Crippen LogP) is 4.44. The third-order valence-corrected chi connectivity index (χ3v) is 7.04. The van der Waals surface area contributed by atoms with Crippen LogP contribution >= 0.6 is 0 Å². The number of para-hydroxylation sites is 1. The standard InChI is InChI=1S/C28H31N3O2/c1-20(21-9-5-3-6-10-21)29-28(32)25-17-22-13-14-24(33-2)18-26(22)31-16-15-30(19-27(25)31)23-11-7-4-8-12-23/h3-14,18,20,25,27H,15-17,19H2,1-2H3,(H,29,32). The molecule has 0 spiro atoms. The Bertz CT molecular complexity index is 1100. The molecular formula is C28H31N3O2. The molecule has 1 N–H and O–H groups in total. The van der Waals surface area contributed by atoms with Gasteiger partial charge in [-0.2, -0.15) is 0 Å². The highest BCUT2D eigenvalue weighted by molar-refractivity contribution is 5.83. The molecule has 1 saturated heterocycles. The van der Waals surface area contributed by atoms with E-state index in [2.05, 4.69) is 70.6 Å². The Labute approximate surface area is 196 Å². The number of carbonyl (C=O) groups excluding carboxylic acids is 1. The Morgan fingerprint density at radius 3 is 2.45 bits per heavy atom. The maximum atomic E-state index is 13.6. The molecule has 5 rings (SSSR count). The molecule has 2 heterocycles. The van der Waals surface area contributed by atoms with E-state index in [9.17, 15) is 4.79 Å². The first-order chi connectivity index (χ1) is 16.1. The topological polar surface area (TPSA) is 44.8 Å². The molecule has 0 aromatic heterocycles. The summed E-state index contributed by atoms with van der Waals surface area (Å²) in [5.41, 5.74) is 4.75. The van der Waals surface area contributed by atoms with Crippen LogP contribution in [0.15, 0.2) is 78.9 Å². The lowest BCUT2D eigenvalue weighted by Crippen LogP contribution is -2.61. The fraction of sp³-hybridized carbons (Fsp3) is 0.321. The van der Waals surface area contributed by atoms with Crippen molar-refractivity contribution in [3.63, 3.8) is 0 Å². The Morgan fingerprint density at radius 1 is 1.00 bits per heavy atom. The van der Waals surface area contributed by atoms with Crippen molar-refractivity contribution in [1.82, 2.24) is 5.32 Å². The van der Waals surface area contributed by atoms with Gasteiger partial charge in [-0.3, -0.25) is 4.79 Å². The summed E-state index contributed by atoms with van der Waals surface area (Å²) in [6.45, 7) is 4.67. The average Bonchev–Trinajstić information content (AvgIpc) is 2.88. The van der Waals surface area contributed by atoms with Crippen molar-refractivity contribution in [3.05, 3.63) is 90.0 Å². The first kappa shape index (κ1) is 21.4. The second-order valence-electron chi connectivity index (χ2n) is 8.99. The number of amides is 1. The van der Waals surface area contributed by atoms with Crippen molar-refractivity contribution in [3.8, 4) is 5.75 Å². The number of carbonyl (C=O) groups is 1. The minimum absolute atomic E-state index is 0.0294. The quantitative estimate of drug-likeness (QED) is 0.636. The Kier molecular flexibility index (Phi) is 5.95. The lowest BCUT2D eigenvalue weighted by molar-refractivity contribution is -0.126. The average molecular weight is 442 g/mol. The van der Waals surface area contributed by atoms with Crippen LogP contribution in [0, 0.1) is 5.92 Å². The summed E-state index contributed by atoms with van der Waals surface area (Å²) in [6.07, 6.45) is 0.733. The molecule has 0 bridgehead atoms. The Balaban J connectivity index is 1.44. The largest absolute Gasteiger partial charge is 0.497 e. The number of hydrogen-bond acceptors (Lipinski definition) is 4. The molecule has 5 heteroatoms. The minimum atomic E-state index is -0.122. The normalized spacial score (nSPS) is 20.4. The van der Waals surface area contributed by atoms with E-state index in [0.717, 1.165) is 37.4 Å². The zero-order valence-corrected chi connectivity index (χ0v) is 19.3. The van der Waals surface area contributed by atoms with Gasteiger partial charge in [-0.15, -0.1) is 0 Å². The van der Waals surface area contributed by atoms with Gasteiger partial charge in [0.2, 0.25) is 5.91 Å². The third kappa shape index (κ3) is 4.28. The van der Waals surface area contributed by atoms with Crippen LogP contribution in [0.4, 0.5) is 11.4 Å². The van der Waals surface area contributed by atoms with Crippen molar-refractivity contribution in [1.29, 1.82) is 0 Å². The highest BCUT2D eigenvalue weighted by Crippen LogP contribution is 2.39. The van der Waals surface area contributed by atoms with Gasteiger partial charge in [-0.25, -0.2) is 0 Å². The van der Waals surface area contributed by atoms with Crippen LogP contribution in [0.5, 0.6) is 5.75 Å². The molecule has 2 aliphatic heterocycles. The number of hydrogen-bond donors (Lipinski definition) is 1. The summed E-state index contributed by atoms with van der Waals surface area (Å²) in [4.78, 5) is 18.5. The van der Waals surface area contributed by atoms with Gasteiger partial charge in [-0.1, -0.05) is 54.6 Å². The van der Waals surface area contributed by atoms with Gasteiger partial charge in [-0.05, 0) is 42.7 Å². The molecule has 0 radical (unpaired) electrons. The van der Waals surface area contributed by atoms with Crippen LogP contribution in [-0.4, -0.2) is 38.7 Å². The van der Waals surface area contributed by atoms with Crippen molar-refractivity contribution < 1.29 is 9.53 Å². The first-order valence-electron chi connectivity index (χ1n) is 11.7. The number of nitrogens with one attached hydrogen (secondary N) is 1. The van der Waals surface area contributed by atoms with Crippen LogP contribution < -0.4 is 19.9 Å². The van der Waals surface area contributed by atoms with Crippen LogP contribution in [0.2, 0.25) is 0 Å². The number of benzene rings is 3. The van der Waals surface area contributed by atoms with Crippen LogP contribution in [0.3, 0.4) is 0 Å². The van der Waals surface area contributed by atoms with Gasteiger partial charge in [0.25, 0.3) is 0 Å². The number of ether oxygens (including phenoxy) is 1. The number of piperazine rings is 1.